The van der Waals surface area contributed by atoms with E-state index in [1.807, 2.05) is 13.0 Å². The third-order valence-electron chi connectivity index (χ3n) is 5.56. The van der Waals surface area contributed by atoms with Crippen LogP contribution in [0.2, 0.25) is 5.15 Å². The monoisotopic (exact) mass is 356 g/mol. The van der Waals surface area contributed by atoms with Gasteiger partial charge < -0.3 is 0 Å². The second-order valence-electron chi connectivity index (χ2n) is 7.37. The third-order valence-corrected chi connectivity index (χ3v) is 5.77. The Bertz CT molecular complexity index is 755. The number of nitrogens with zero attached hydrogens (tertiary/aromatic N) is 4. The molecule has 25 heavy (non-hydrogen) atoms. The summed E-state index contributed by atoms with van der Waals surface area (Å²) in [5.41, 5.74) is 4.80. The molecule has 5 heteroatoms. The van der Waals surface area contributed by atoms with Crippen LogP contribution in [0, 0.1) is 6.92 Å². The van der Waals surface area contributed by atoms with E-state index < -0.39 is 0 Å². The van der Waals surface area contributed by atoms with Gasteiger partial charge in [0.1, 0.15) is 11.0 Å². The number of rotatable bonds is 3. The molecule has 132 valence electrons. The Morgan fingerprint density at radius 1 is 1.16 bits per heavy atom. The summed E-state index contributed by atoms with van der Waals surface area (Å²) in [6.45, 7) is 4.89. The van der Waals surface area contributed by atoms with E-state index in [1.54, 1.807) is 0 Å². The molecule has 0 spiro atoms. The predicted molar refractivity (Wildman–Crippen MR) is 99.7 cm³/mol. The lowest BCUT2D eigenvalue weighted by molar-refractivity contribution is 0.241. The number of hydrogen-bond donors (Lipinski definition) is 0. The van der Waals surface area contributed by atoms with Gasteiger partial charge in [0.25, 0.3) is 0 Å². The number of fused-ring (bicyclic) bond motifs is 1. The number of halogens is 1. The summed E-state index contributed by atoms with van der Waals surface area (Å²) in [7, 11) is 0. The van der Waals surface area contributed by atoms with E-state index in [1.165, 1.54) is 48.9 Å². The molecule has 0 atom stereocenters. The maximum absolute atomic E-state index is 5.96. The Hall–Kier alpha value is -1.52. The highest BCUT2D eigenvalue weighted by atomic mass is 35.5. The van der Waals surface area contributed by atoms with Crippen LogP contribution < -0.4 is 0 Å². The first-order valence-electron chi connectivity index (χ1n) is 9.38. The molecule has 2 aromatic rings. The van der Waals surface area contributed by atoms with E-state index in [4.69, 9.17) is 21.6 Å². The van der Waals surface area contributed by atoms with Crippen LogP contribution in [0.25, 0.3) is 0 Å². The molecule has 0 bridgehead atoms. The zero-order valence-corrected chi connectivity index (χ0v) is 15.6. The first kappa shape index (κ1) is 16.9. The highest BCUT2D eigenvalue weighted by molar-refractivity contribution is 6.29. The van der Waals surface area contributed by atoms with Crippen LogP contribution in [0.3, 0.4) is 0 Å². The molecule has 0 amide bonds. The van der Waals surface area contributed by atoms with Crippen molar-refractivity contribution in [2.24, 2.45) is 0 Å². The lowest BCUT2D eigenvalue weighted by Crippen LogP contribution is -2.31. The smallest absolute Gasteiger partial charge is 0.131 e. The standard InChI is InChI=1S/C20H25ClN4/c1-14-16(7-8-19(21)23-14)12-25-10-9-18-17(13-25)11-22-20(24-18)15-5-3-2-4-6-15/h7-8,11,15H,2-6,9-10,12-13H2,1H3. The van der Waals surface area contributed by atoms with E-state index in [2.05, 4.69) is 22.1 Å². The van der Waals surface area contributed by atoms with Crippen molar-refractivity contribution in [2.45, 2.75) is 64.5 Å². The molecule has 2 aromatic heterocycles. The largest absolute Gasteiger partial charge is 0.294 e. The van der Waals surface area contributed by atoms with Crippen LogP contribution in [-0.2, 0) is 19.5 Å². The van der Waals surface area contributed by atoms with E-state index in [0.29, 0.717) is 11.1 Å². The number of hydrogen-bond acceptors (Lipinski definition) is 4. The molecule has 1 saturated carbocycles. The topological polar surface area (TPSA) is 41.9 Å². The van der Waals surface area contributed by atoms with Gasteiger partial charge in [0.05, 0.1) is 0 Å². The van der Waals surface area contributed by atoms with Crippen LogP contribution >= 0.6 is 11.6 Å². The van der Waals surface area contributed by atoms with Gasteiger partial charge in [-0.2, -0.15) is 0 Å². The fraction of sp³-hybridized carbons (Fsp3) is 0.550. The number of aryl methyl sites for hydroxylation is 1. The van der Waals surface area contributed by atoms with Crippen molar-refractivity contribution >= 4 is 11.6 Å². The van der Waals surface area contributed by atoms with Gasteiger partial charge in [-0.25, -0.2) is 15.0 Å². The normalized spacial score (nSPS) is 19.0. The van der Waals surface area contributed by atoms with Crippen molar-refractivity contribution in [3.8, 4) is 0 Å². The van der Waals surface area contributed by atoms with Gasteiger partial charge in [0.2, 0.25) is 0 Å². The Morgan fingerprint density at radius 2 is 2.00 bits per heavy atom. The summed E-state index contributed by atoms with van der Waals surface area (Å²) in [6, 6.07) is 3.96. The molecule has 0 radical (unpaired) electrons. The van der Waals surface area contributed by atoms with Crippen LogP contribution in [0.1, 0.15) is 66.4 Å². The molecular weight excluding hydrogens is 332 g/mol. The molecule has 1 aliphatic carbocycles. The van der Waals surface area contributed by atoms with Crippen LogP contribution in [0.15, 0.2) is 18.3 Å². The Labute approximate surface area is 154 Å². The fourth-order valence-corrected chi connectivity index (χ4v) is 4.24. The number of pyridine rings is 1. The summed E-state index contributed by atoms with van der Waals surface area (Å²) in [5, 5.41) is 0.564. The average molecular weight is 357 g/mol. The zero-order chi connectivity index (χ0) is 17.2. The van der Waals surface area contributed by atoms with Gasteiger partial charge in [-0.3, -0.25) is 4.90 Å². The van der Waals surface area contributed by atoms with Crippen molar-refractivity contribution in [2.75, 3.05) is 6.54 Å². The SMILES string of the molecule is Cc1nc(Cl)ccc1CN1CCc2nc(C3CCCCC3)ncc2C1. The molecule has 2 aliphatic rings. The molecule has 3 heterocycles. The van der Waals surface area contributed by atoms with Gasteiger partial charge >= 0.3 is 0 Å². The van der Waals surface area contributed by atoms with Crippen molar-refractivity contribution in [1.29, 1.82) is 0 Å². The minimum absolute atomic E-state index is 0.564. The van der Waals surface area contributed by atoms with Crippen molar-refractivity contribution in [3.05, 3.63) is 51.8 Å². The first-order valence-corrected chi connectivity index (χ1v) is 9.76. The van der Waals surface area contributed by atoms with E-state index in [0.717, 1.165) is 37.6 Å². The molecule has 0 unspecified atom stereocenters. The van der Waals surface area contributed by atoms with Crippen molar-refractivity contribution in [1.82, 2.24) is 19.9 Å². The lowest BCUT2D eigenvalue weighted by atomic mass is 9.88. The van der Waals surface area contributed by atoms with Gasteiger partial charge in [-0.1, -0.05) is 36.9 Å². The average Bonchev–Trinajstić information content (AvgIpc) is 2.64. The molecule has 1 fully saturated rings. The van der Waals surface area contributed by atoms with Gasteiger partial charge in [-0.05, 0) is 31.4 Å². The van der Waals surface area contributed by atoms with E-state index in [9.17, 15) is 0 Å². The Balaban J connectivity index is 1.46. The molecule has 0 saturated heterocycles. The molecule has 4 rings (SSSR count). The van der Waals surface area contributed by atoms with E-state index in [-0.39, 0.29) is 0 Å². The molecule has 1 aliphatic heterocycles. The second kappa shape index (κ2) is 7.38. The predicted octanol–water partition coefficient (Wildman–Crippen LogP) is 4.44. The summed E-state index contributed by atoms with van der Waals surface area (Å²) in [4.78, 5) is 16.5. The van der Waals surface area contributed by atoms with Crippen LogP contribution in [-0.4, -0.2) is 26.4 Å². The Kier molecular flexibility index (Phi) is 5.00. The molecule has 4 nitrogen and oxygen atoms in total. The zero-order valence-electron chi connectivity index (χ0n) is 14.8. The quantitative estimate of drug-likeness (QED) is 0.762. The molecule has 0 aromatic carbocycles. The highest BCUT2D eigenvalue weighted by Crippen LogP contribution is 2.31. The summed E-state index contributed by atoms with van der Waals surface area (Å²) in [5.74, 6) is 1.67. The highest BCUT2D eigenvalue weighted by Gasteiger charge is 2.23. The van der Waals surface area contributed by atoms with Gasteiger partial charge in [0, 0.05) is 55.1 Å². The first-order chi connectivity index (χ1) is 12.2. The maximum Gasteiger partial charge on any atom is 0.131 e. The molecule has 0 N–H and O–H groups in total. The number of aromatic nitrogens is 3. The van der Waals surface area contributed by atoms with Gasteiger partial charge in [0.15, 0.2) is 0 Å². The third kappa shape index (κ3) is 3.85. The van der Waals surface area contributed by atoms with Crippen molar-refractivity contribution in [3.63, 3.8) is 0 Å². The Morgan fingerprint density at radius 3 is 2.80 bits per heavy atom. The lowest BCUT2D eigenvalue weighted by Gasteiger charge is -2.29. The van der Waals surface area contributed by atoms with Crippen LogP contribution in [0.4, 0.5) is 0 Å². The fourth-order valence-electron chi connectivity index (χ4n) is 4.05. The van der Waals surface area contributed by atoms with Crippen LogP contribution in [0.5, 0.6) is 0 Å². The maximum atomic E-state index is 5.96. The second-order valence-corrected chi connectivity index (χ2v) is 7.76. The minimum atomic E-state index is 0.564. The summed E-state index contributed by atoms with van der Waals surface area (Å²) >= 11 is 5.96. The minimum Gasteiger partial charge on any atom is -0.294 e. The van der Waals surface area contributed by atoms with Gasteiger partial charge in [-0.15, -0.1) is 0 Å². The van der Waals surface area contributed by atoms with Crippen molar-refractivity contribution < 1.29 is 0 Å². The summed E-state index contributed by atoms with van der Waals surface area (Å²) in [6.07, 6.45) is 9.63. The molecular formula is C20H25ClN4. The van der Waals surface area contributed by atoms with E-state index >= 15 is 0 Å². The summed E-state index contributed by atoms with van der Waals surface area (Å²) < 4.78 is 0.